The lowest BCUT2D eigenvalue weighted by Crippen LogP contribution is -2.40. The molecule has 0 atom stereocenters. The van der Waals surface area contributed by atoms with E-state index in [9.17, 15) is 9.59 Å². The molecular formula is C12H15N5O3S. The fourth-order valence-corrected chi connectivity index (χ4v) is 2.04. The third-order valence-corrected chi connectivity index (χ3v) is 3.65. The summed E-state index contributed by atoms with van der Waals surface area (Å²) in [5, 5.41) is 25.2. The Morgan fingerprint density at radius 3 is 2.86 bits per heavy atom. The fraction of sp³-hybridized carbons (Fsp3) is 0.417. The minimum absolute atomic E-state index is 0.0354. The SMILES string of the molecule is CC(C)(CNC(=O)Cn1nnc(-c2cccs2)n1)C(=O)O. The molecule has 9 heteroatoms. The Hall–Kier alpha value is -2.29. The molecule has 0 radical (unpaired) electrons. The van der Waals surface area contributed by atoms with Gasteiger partial charge in [0.2, 0.25) is 11.7 Å². The first kappa shape index (κ1) is 15.1. The molecule has 0 spiro atoms. The normalized spacial score (nSPS) is 11.3. The summed E-state index contributed by atoms with van der Waals surface area (Å²) < 4.78 is 0. The molecule has 0 aliphatic carbocycles. The minimum atomic E-state index is -1.02. The average molecular weight is 309 g/mol. The van der Waals surface area contributed by atoms with Crippen molar-refractivity contribution in [2.24, 2.45) is 5.41 Å². The molecule has 2 N–H and O–H groups in total. The Balaban J connectivity index is 1.90. The van der Waals surface area contributed by atoms with Gasteiger partial charge in [0.25, 0.3) is 0 Å². The van der Waals surface area contributed by atoms with E-state index in [0.717, 1.165) is 4.88 Å². The smallest absolute Gasteiger partial charge is 0.310 e. The summed E-state index contributed by atoms with van der Waals surface area (Å²) in [6.45, 7) is 3.01. The molecule has 0 fully saturated rings. The van der Waals surface area contributed by atoms with Gasteiger partial charge < -0.3 is 10.4 Å². The van der Waals surface area contributed by atoms with Gasteiger partial charge in [0.1, 0.15) is 6.54 Å². The number of carboxylic acids is 1. The largest absolute Gasteiger partial charge is 0.481 e. The molecule has 0 saturated heterocycles. The van der Waals surface area contributed by atoms with Gasteiger partial charge in [-0.25, -0.2) is 0 Å². The minimum Gasteiger partial charge on any atom is -0.481 e. The van der Waals surface area contributed by atoms with Crippen molar-refractivity contribution in [2.75, 3.05) is 6.54 Å². The van der Waals surface area contributed by atoms with Gasteiger partial charge >= 0.3 is 5.97 Å². The third-order valence-electron chi connectivity index (χ3n) is 2.79. The Bertz CT molecular complexity index is 635. The number of carboxylic acid groups (broad SMARTS) is 1. The Kier molecular flexibility index (Phi) is 4.32. The van der Waals surface area contributed by atoms with Crippen LogP contribution >= 0.6 is 11.3 Å². The van der Waals surface area contributed by atoms with Crippen molar-refractivity contribution in [1.82, 2.24) is 25.5 Å². The molecule has 0 bridgehead atoms. The van der Waals surface area contributed by atoms with Crippen LogP contribution in [0.3, 0.4) is 0 Å². The lowest BCUT2D eigenvalue weighted by Gasteiger charge is -2.19. The number of aromatic nitrogens is 4. The summed E-state index contributed by atoms with van der Waals surface area (Å²) in [5.41, 5.74) is -1.02. The molecule has 0 aromatic carbocycles. The van der Waals surface area contributed by atoms with Gasteiger partial charge in [0, 0.05) is 6.54 Å². The zero-order valence-electron chi connectivity index (χ0n) is 11.6. The van der Waals surface area contributed by atoms with Gasteiger partial charge in [0.15, 0.2) is 0 Å². The zero-order chi connectivity index (χ0) is 15.5. The summed E-state index contributed by atoms with van der Waals surface area (Å²) >= 11 is 1.48. The molecule has 0 aliphatic heterocycles. The van der Waals surface area contributed by atoms with E-state index in [0.29, 0.717) is 5.82 Å². The van der Waals surface area contributed by atoms with E-state index in [2.05, 4.69) is 20.7 Å². The van der Waals surface area contributed by atoms with E-state index in [-0.39, 0.29) is 19.0 Å². The Morgan fingerprint density at radius 2 is 2.24 bits per heavy atom. The fourth-order valence-electron chi connectivity index (χ4n) is 1.39. The lowest BCUT2D eigenvalue weighted by molar-refractivity contribution is -0.146. The van der Waals surface area contributed by atoms with Crippen molar-refractivity contribution in [2.45, 2.75) is 20.4 Å². The third kappa shape index (κ3) is 3.85. The van der Waals surface area contributed by atoms with Gasteiger partial charge in [-0.2, -0.15) is 4.80 Å². The lowest BCUT2D eigenvalue weighted by atomic mass is 9.94. The van der Waals surface area contributed by atoms with Crippen LogP contribution < -0.4 is 5.32 Å². The maximum atomic E-state index is 11.7. The van der Waals surface area contributed by atoms with Crippen molar-refractivity contribution in [3.05, 3.63) is 17.5 Å². The number of tetrazole rings is 1. The summed E-state index contributed by atoms with van der Waals surface area (Å²) in [6, 6.07) is 3.74. The highest BCUT2D eigenvalue weighted by Gasteiger charge is 2.27. The van der Waals surface area contributed by atoms with Crippen molar-refractivity contribution in [3.8, 4) is 10.7 Å². The molecule has 2 aromatic heterocycles. The first-order valence-electron chi connectivity index (χ1n) is 6.20. The molecule has 112 valence electrons. The molecule has 0 unspecified atom stereocenters. The molecule has 1 amide bonds. The number of nitrogens with one attached hydrogen (secondary N) is 1. The summed E-state index contributed by atoms with van der Waals surface area (Å²) in [7, 11) is 0. The topological polar surface area (TPSA) is 110 Å². The zero-order valence-corrected chi connectivity index (χ0v) is 12.4. The molecule has 8 nitrogen and oxygen atoms in total. The molecule has 0 aliphatic rings. The Morgan fingerprint density at radius 1 is 1.48 bits per heavy atom. The number of aliphatic carboxylic acids is 1. The van der Waals surface area contributed by atoms with Crippen LogP contribution in [-0.2, 0) is 16.1 Å². The Labute approximate surface area is 124 Å². The first-order chi connectivity index (χ1) is 9.88. The maximum absolute atomic E-state index is 11.7. The van der Waals surface area contributed by atoms with Gasteiger partial charge in [-0.15, -0.1) is 21.5 Å². The van der Waals surface area contributed by atoms with Crippen molar-refractivity contribution in [1.29, 1.82) is 0 Å². The molecule has 2 aromatic rings. The number of nitrogens with zero attached hydrogens (tertiary/aromatic N) is 4. The van der Waals surface area contributed by atoms with E-state index < -0.39 is 11.4 Å². The monoisotopic (exact) mass is 309 g/mol. The van der Waals surface area contributed by atoms with Crippen LogP contribution in [0.25, 0.3) is 10.7 Å². The van der Waals surface area contributed by atoms with Crippen LogP contribution in [0.2, 0.25) is 0 Å². The van der Waals surface area contributed by atoms with Gasteiger partial charge in [-0.3, -0.25) is 9.59 Å². The van der Waals surface area contributed by atoms with E-state index in [1.807, 2.05) is 17.5 Å². The maximum Gasteiger partial charge on any atom is 0.310 e. The number of hydrogen-bond acceptors (Lipinski definition) is 6. The van der Waals surface area contributed by atoms with E-state index in [1.165, 1.54) is 30.0 Å². The van der Waals surface area contributed by atoms with Crippen LogP contribution in [0.15, 0.2) is 17.5 Å². The van der Waals surface area contributed by atoms with E-state index in [4.69, 9.17) is 5.11 Å². The van der Waals surface area contributed by atoms with Gasteiger partial charge in [0.05, 0.1) is 10.3 Å². The number of thiophene rings is 1. The standard InChI is InChI=1S/C12H15N5O3S/c1-12(2,11(19)20)7-13-9(18)6-17-15-10(14-16-17)8-4-3-5-21-8/h3-5H,6-7H2,1-2H3,(H,13,18)(H,19,20). The highest BCUT2D eigenvalue weighted by molar-refractivity contribution is 7.13. The average Bonchev–Trinajstić information content (AvgIpc) is 3.06. The van der Waals surface area contributed by atoms with Crippen LogP contribution in [-0.4, -0.2) is 43.7 Å². The summed E-state index contributed by atoms with van der Waals surface area (Å²) in [6.07, 6.45) is 0. The van der Waals surface area contributed by atoms with E-state index >= 15 is 0 Å². The van der Waals surface area contributed by atoms with E-state index in [1.54, 1.807) is 0 Å². The second kappa shape index (κ2) is 6.00. The van der Waals surface area contributed by atoms with Crippen molar-refractivity contribution < 1.29 is 14.7 Å². The van der Waals surface area contributed by atoms with Crippen molar-refractivity contribution >= 4 is 23.2 Å². The molecule has 0 saturated carbocycles. The van der Waals surface area contributed by atoms with Gasteiger partial charge in [-0.05, 0) is 30.5 Å². The molecule has 21 heavy (non-hydrogen) atoms. The van der Waals surface area contributed by atoms with Crippen LogP contribution in [0, 0.1) is 5.41 Å². The molecular weight excluding hydrogens is 294 g/mol. The number of carbonyl (C=O) groups is 2. The number of amides is 1. The molecule has 2 heterocycles. The number of rotatable bonds is 6. The summed E-state index contributed by atoms with van der Waals surface area (Å²) in [4.78, 5) is 24.7. The highest BCUT2D eigenvalue weighted by atomic mass is 32.1. The number of hydrogen-bond donors (Lipinski definition) is 2. The quantitative estimate of drug-likeness (QED) is 0.810. The first-order valence-corrected chi connectivity index (χ1v) is 7.08. The highest BCUT2D eigenvalue weighted by Crippen LogP contribution is 2.19. The van der Waals surface area contributed by atoms with Crippen LogP contribution in [0.5, 0.6) is 0 Å². The van der Waals surface area contributed by atoms with Crippen molar-refractivity contribution in [3.63, 3.8) is 0 Å². The summed E-state index contributed by atoms with van der Waals surface area (Å²) in [5.74, 6) is -0.871. The predicted molar refractivity (Wildman–Crippen MR) is 75.6 cm³/mol. The second-order valence-electron chi connectivity index (χ2n) is 5.09. The second-order valence-corrected chi connectivity index (χ2v) is 6.03. The number of carbonyl (C=O) groups excluding carboxylic acids is 1. The van der Waals surface area contributed by atoms with Crippen LogP contribution in [0.4, 0.5) is 0 Å². The van der Waals surface area contributed by atoms with Crippen LogP contribution in [0.1, 0.15) is 13.8 Å². The molecule has 2 rings (SSSR count). The predicted octanol–water partition coefficient (Wildman–Crippen LogP) is 0.629. The van der Waals surface area contributed by atoms with Gasteiger partial charge in [-0.1, -0.05) is 6.07 Å².